The van der Waals surface area contributed by atoms with Gasteiger partial charge in [0.05, 0.1) is 24.8 Å². The van der Waals surface area contributed by atoms with Gasteiger partial charge < -0.3 is 24.5 Å². The third kappa shape index (κ3) is 6.71. The number of hydrogen-bond acceptors (Lipinski definition) is 6. The van der Waals surface area contributed by atoms with Crippen molar-refractivity contribution in [2.24, 2.45) is 0 Å². The fourth-order valence-electron chi connectivity index (χ4n) is 2.80. The second-order valence-electron chi connectivity index (χ2n) is 10.00. The van der Waals surface area contributed by atoms with Crippen LogP contribution in [0.5, 0.6) is 0 Å². The maximum atomic E-state index is 12.4. The van der Waals surface area contributed by atoms with Crippen LogP contribution in [-0.4, -0.2) is 77.7 Å². The van der Waals surface area contributed by atoms with E-state index >= 15 is 0 Å². The molecular formula is C19H39NO6Si. The minimum Gasteiger partial charge on any atom is -0.444 e. The Morgan fingerprint density at radius 1 is 1.19 bits per heavy atom. The summed E-state index contributed by atoms with van der Waals surface area (Å²) in [5.41, 5.74) is -0.692. The molecular weight excluding hydrogens is 366 g/mol. The van der Waals surface area contributed by atoms with Gasteiger partial charge in [-0.05, 0) is 51.7 Å². The van der Waals surface area contributed by atoms with Gasteiger partial charge in [-0.1, -0.05) is 20.8 Å². The van der Waals surface area contributed by atoms with Crippen molar-refractivity contribution >= 4 is 14.4 Å². The molecule has 160 valence electrons. The molecule has 1 aliphatic heterocycles. The monoisotopic (exact) mass is 405 g/mol. The van der Waals surface area contributed by atoms with Crippen molar-refractivity contribution in [3.63, 3.8) is 0 Å². The first-order valence-electron chi connectivity index (χ1n) is 9.74. The van der Waals surface area contributed by atoms with Gasteiger partial charge in [0.25, 0.3) is 0 Å². The molecule has 0 radical (unpaired) electrons. The van der Waals surface area contributed by atoms with Gasteiger partial charge in [0.1, 0.15) is 11.7 Å². The summed E-state index contributed by atoms with van der Waals surface area (Å²) in [4.78, 5) is 13.6. The molecule has 0 aromatic rings. The summed E-state index contributed by atoms with van der Waals surface area (Å²) in [5.74, 6) is 0. The van der Waals surface area contributed by atoms with Crippen molar-refractivity contribution in [3.8, 4) is 0 Å². The van der Waals surface area contributed by atoms with Gasteiger partial charge in [-0.15, -0.1) is 0 Å². The summed E-state index contributed by atoms with van der Waals surface area (Å²) >= 11 is 0. The lowest BCUT2D eigenvalue weighted by atomic mass is 10.0. The number of carbonyl (C=O) groups excluding carboxylic acids is 1. The highest BCUT2D eigenvalue weighted by molar-refractivity contribution is 6.74. The first kappa shape index (κ1) is 24.4. The maximum Gasteiger partial charge on any atom is 0.410 e. The molecule has 0 bridgehead atoms. The molecule has 1 aliphatic rings. The minimum atomic E-state index is -1.85. The van der Waals surface area contributed by atoms with Gasteiger partial charge in [0.2, 0.25) is 0 Å². The van der Waals surface area contributed by atoms with Crippen LogP contribution in [0.4, 0.5) is 4.79 Å². The van der Waals surface area contributed by atoms with Crippen LogP contribution < -0.4 is 0 Å². The van der Waals surface area contributed by atoms with E-state index in [4.69, 9.17) is 9.16 Å². The summed E-state index contributed by atoms with van der Waals surface area (Å²) in [5, 5.41) is 30.9. The van der Waals surface area contributed by atoms with Crippen molar-refractivity contribution in [2.75, 3.05) is 13.2 Å². The van der Waals surface area contributed by atoms with E-state index in [1.807, 2.05) is 0 Å². The van der Waals surface area contributed by atoms with Crippen LogP contribution in [0.3, 0.4) is 0 Å². The Hall–Kier alpha value is -0.673. The topological polar surface area (TPSA) is 99.5 Å². The van der Waals surface area contributed by atoms with E-state index in [0.29, 0.717) is 19.4 Å². The quantitative estimate of drug-likeness (QED) is 0.464. The number of carbonyl (C=O) groups is 1. The van der Waals surface area contributed by atoms with Gasteiger partial charge >= 0.3 is 6.09 Å². The minimum absolute atomic E-state index is 0.0573. The molecule has 1 heterocycles. The van der Waals surface area contributed by atoms with Gasteiger partial charge in [0, 0.05) is 6.61 Å². The van der Waals surface area contributed by atoms with E-state index in [0.717, 1.165) is 0 Å². The highest BCUT2D eigenvalue weighted by Gasteiger charge is 2.47. The van der Waals surface area contributed by atoms with Crippen molar-refractivity contribution in [2.45, 2.75) is 102 Å². The summed E-state index contributed by atoms with van der Waals surface area (Å²) in [6.07, 6.45) is -2.93. The SMILES string of the molecule is CC(C)(C)OC(=O)N1C[C@H](O)[C@H](O)[C@H]1[C@@H](O)CCCO[Si](C)(C)C(C)(C)C. The van der Waals surface area contributed by atoms with E-state index < -0.39 is 44.4 Å². The first-order valence-corrected chi connectivity index (χ1v) is 12.7. The van der Waals surface area contributed by atoms with E-state index in [-0.39, 0.29) is 11.6 Å². The van der Waals surface area contributed by atoms with E-state index in [1.54, 1.807) is 20.8 Å². The van der Waals surface area contributed by atoms with Crippen LogP contribution in [0.2, 0.25) is 18.1 Å². The summed E-state index contributed by atoms with van der Waals surface area (Å²) < 4.78 is 11.4. The predicted molar refractivity (Wildman–Crippen MR) is 107 cm³/mol. The third-order valence-electron chi connectivity index (χ3n) is 5.42. The molecule has 0 aliphatic carbocycles. The Morgan fingerprint density at radius 3 is 2.22 bits per heavy atom. The average molecular weight is 406 g/mol. The van der Waals surface area contributed by atoms with Crippen LogP contribution in [0.25, 0.3) is 0 Å². The lowest BCUT2D eigenvalue weighted by Crippen LogP contribution is -2.49. The molecule has 0 aromatic heterocycles. The molecule has 7 nitrogen and oxygen atoms in total. The standard InChI is InChI=1S/C19H39NO6Si/c1-18(2,3)26-17(24)20-12-14(22)16(23)15(20)13(21)10-9-11-25-27(7,8)19(4,5)6/h13-16,21-23H,9-12H2,1-8H3/t13-,14-,15+,16-/m0/s1. The number of amides is 1. The number of hydrogen-bond donors (Lipinski definition) is 3. The zero-order valence-electron chi connectivity index (χ0n) is 18.2. The van der Waals surface area contributed by atoms with Gasteiger partial charge in [-0.25, -0.2) is 4.79 Å². The molecule has 1 fully saturated rings. The van der Waals surface area contributed by atoms with Crippen LogP contribution in [0.1, 0.15) is 54.4 Å². The molecule has 1 saturated heterocycles. The average Bonchev–Trinajstić information content (AvgIpc) is 2.76. The summed E-state index contributed by atoms with van der Waals surface area (Å²) in [7, 11) is -1.85. The molecule has 4 atom stereocenters. The second-order valence-corrected chi connectivity index (χ2v) is 14.8. The number of aliphatic hydroxyl groups is 3. The zero-order valence-corrected chi connectivity index (χ0v) is 19.2. The summed E-state index contributed by atoms with van der Waals surface area (Å²) in [6, 6.07) is -0.886. The smallest absolute Gasteiger partial charge is 0.410 e. The second kappa shape index (κ2) is 8.78. The molecule has 0 saturated carbocycles. The number of aliphatic hydroxyl groups excluding tert-OH is 3. The van der Waals surface area contributed by atoms with E-state index in [2.05, 4.69) is 33.9 Å². The number of nitrogens with zero attached hydrogens (tertiary/aromatic N) is 1. The van der Waals surface area contributed by atoms with E-state index in [9.17, 15) is 20.1 Å². The van der Waals surface area contributed by atoms with Crippen molar-refractivity contribution < 1.29 is 29.3 Å². The first-order chi connectivity index (χ1) is 12.1. The van der Waals surface area contributed by atoms with Crippen molar-refractivity contribution in [1.29, 1.82) is 0 Å². The summed E-state index contributed by atoms with van der Waals surface area (Å²) in [6.45, 7) is 16.6. The van der Waals surface area contributed by atoms with Gasteiger partial charge in [0.15, 0.2) is 8.32 Å². The fraction of sp³-hybridized carbons (Fsp3) is 0.947. The molecule has 1 amide bonds. The van der Waals surface area contributed by atoms with Crippen LogP contribution in [0.15, 0.2) is 0 Å². The molecule has 27 heavy (non-hydrogen) atoms. The Labute approximate surface area is 164 Å². The molecule has 0 aromatic carbocycles. The number of ether oxygens (including phenoxy) is 1. The Morgan fingerprint density at radius 2 is 1.74 bits per heavy atom. The Bertz CT molecular complexity index is 499. The normalized spacial score (nSPS) is 25.6. The highest BCUT2D eigenvalue weighted by Crippen LogP contribution is 2.36. The fourth-order valence-corrected chi connectivity index (χ4v) is 3.89. The number of likely N-dealkylation sites (tertiary alicyclic amines) is 1. The van der Waals surface area contributed by atoms with Crippen LogP contribution in [0, 0.1) is 0 Å². The van der Waals surface area contributed by atoms with E-state index in [1.165, 1.54) is 4.90 Å². The maximum absolute atomic E-state index is 12.4. The lowest BCUT2D eigenvalue weighted by molar-refractivity contribution is -0.0266. The number of rotatable bonds is 6. The van der Waals surface area contributed by atoms with Crippen molar-refractivity contribution in [3.05, 3.63) is 0 Å². The molecule has 1 rings (SSSR count). The molecule has 0 unspecified atom stereocenters. The van der Waals surface area contributed by atoms with Crippen LogP contribution >= 0.6 is 0 Å². The lowest BCUT2D eigenvalue weighted by Gasteiger charge is -2.36. The Kier molecular flexibility index (Phi) is 7.92. The highest BCUT2D eigenvalue weighted by atomic mass is 28.4. The Balaban J connectivity index is 2.65. The number of β-amino-alcohol motifs (C(OH)–C–C–N with tert-alkyl or cyclic N) is 1. The van der Waals surface area contributed by atoms with Crippen LogP contribution in [-0.2, 0) is 9.16 Å². The molecule has 3 N–H and O–H groups in total. The molecule has 0 spiro atoms. The van der Waals surface area contributed by atoms with Gasteiger partial charge in [-0.2, -0.15) is 0 Å². The molecule has 8 heteroatoms. The predicted octanol–water partition coefficient (Wildman–Crippen LogP) is 2.49. The largest absolute Gasteiger partial charge is 0.444 e. The van der Waals surface area contributed by atoms with Crippen molar-refractivity contribution in [1.82, 2.24) is 4.90 Å². The zero-order chi connectivity index (χ0) is 21.2. The third-order valence-corrected chi connectivity index (χ3v) is 9.96. The van der Waals surface area contributed by atoms with Gasteiger partial charge in [-0.3, -0.25) is 4.90 Å².